The predicted octanol–water partition coefficient (Wildman–Crippen LogP) is 2.38. The first-order valence-electron chi connectivity index (χ1n) is 6.39. The number of rotatable bonds is 7. The quantitative estimate of drug-likeness (QED) is 0.468. The lowest BCUT2D eigenvalue weighted by Crippen LogP contribution is -2.40. The second-order valence-electron chi connectivity index (χ2n) is 4.33. The van der Waals surface area contributed by atoms with Crippen LogP contribution in [-0.4, -0.2) is 32.0 Å². The molecule has 1 rings (SSSR count). The maximum absolute atomic E-state index is 12.0. The first-order valence-corrected chi connectivity index (χ1v) is 7.18. The van der Waals surface area contributed by atoms with E-state index < -0.39 is 6.04 Å². The van der Waals surface area contributed by atoms with E-state index in [2.05, 4.69) is 15.9 Å². The van der Waals surface area contributed by atoms with Crippen LogP contribution in [0.2, 0.25) is 0 Å². The molecule has 0 saturated heterocycles. The van der Waals surface area contributed by atoms with Crippen molar-refractivity contribution in [2.45, 2.75) is 25.8 Å². The van der Waals surface area contributed by atoms with E-state index in [-0.39, 0.29) is 5.97 Å². The van der Waals surface area contributed by atoms with E-state index in [1.165, 1.54) is 0 Å². The minimum atomic E-state index is -0.524. The van der Waals surface area contributed by atoms with E-state index in [0.29, 0.717) is 25.1 Å². The number of ether oxygens (including phenoxy) is 1. The van der Waals surface area contributed by atoms with Gasteiger partial charge in [0.1, 0.15) is 12.3 Å². The maximum Gasteiger partial charge on any atom is 0.328 e. The summed E-state index contributed by atoms with van der Waals surface area (Å²) in [5.74, 6) is -0.348. The van der Waals surface area contributed by atoms with Crippen molar-refractivity contribution >= 4 is 39.6 Å². The fourth-order valence-electron chi connectivity index (χ4n) is 1.95. The van der Waals surface area contributed by atoms with Crippen LogP contribution in [0.25, 0.3) is 0 Å². The van der Waals surface area contributed by atoms with Gasteiger partial charge in [0.05, 0.1) is 18.0 Å². The number of nitrogen functional groups attached to an aromatic ring is 1. The third kappa shape index (κ3) is 4.23. The molecule has 1 atom stereocenters. The van der Waals surface area contributed by atoms with Gasteiger partial charge in [-0.3, -0.25) is 0 Å². The summed E-state index contributed by atoms with van der Waals surface area (Å²) in [7, 11) is 1.77. The monoisotopic (exact) mass is 342 g/mol. The molecule has 0 heterocycles. The van der Waals surface area contributed by atoms with Crippen LogP contribution in [0.4, 0.5) is 11.4 Å². The summed E-state index contributed by atoms with van der Waals surface area (Å²) in [6, 6.07) is 4.92. The zero-order chi connectivity index (χ0) is 15.1. The highest BCUT2D eigenvalue weighted by Gasteiger charge is 2.25. The lowest BCUT2D eigenvalue weighted by molar-refractivity contribution is -0.144. The average Bonchev–Trinajstić information content (AvgIpc) is 2.39. The molecule has 2 N–H and O–H groups in total. The van der Waals surface area contributed by atoms with Crippen molar-refractivity contribution < 1.29 is 14.3 Å². The highest BCUT2D eigenvalue weighted by atomic mass is 79.9. The minimum absolute atomic E-state index is 0.296. The smallest absolute Gasteiger partial charge is 0.328 e. The second kappa shape index (κ2) is 7.89. The molecule has 0 aliphatic rings. The van der Waals surface area contributed by atoms with Crippen molar-refractivity contribution in [1.82, 2.24) is 0 Å². The number of nitrogens with zero attached hydrogens (tertiary/aromatic N) is 1. The summed E-state index contributed by atoms with van der Waals surface area (Å²) in [5.41, 5.74) is 7.26. The van der Waals surface area contributed by atoms with Crippen molar-refractivity contribution in [3.8, 4) is 0 Å². The number of esters is 1. The van der Waals surface area contributed by atoms with Gasteiger partial charge >= 0.3 is 5.97 Å². The van der Waals surface area contributed by atoms with Crippen LogP contribution in [0.5, 0.6) is 0 Å². The number of carbonyl (C=O) groups excluding carboxylic acids is 2. The molecule has 0 aromatic heterocycles. The van der Waals surface area contributed by atoms with Gasteiger partial charge in [-0.1, -0.05) is 15.9 Å². The van der Waals surface area contributed by atoms with E-state index in [0.717, 1.165) is 16.4 Å². The average molecular weight is 343 g/mol. The standard InChI is InChI=1S/C14H19BrN2O3/c1-3-20-14(19)13(5-4-8-18)17(2)12-7-6-10(15)9-11(12)16/h6-9,13H,3-5,16H2,1-2H3. The van der Waals surface area contributed by atoms with E-state index in [1.54, 1.807) is 24.9 Å². The predicted molar refractivity (Wildman–Crippen MR) is 82.7 cm³/mol. The fraction of sp³-hybridized carbons (Fsp3) is 0.429. The molecule has 0 amide bonds. The molecule has 5 nitrogen and oxygen atoms in total. The van der Waals surface area contributed by atoms with Crippen molar-refractivity contribution in [1.29, 1.82) is 0 Å². The Balaban J connectivity index is 2.98. The Bertz CT molecular complexity index is 479. The summed E-state index contributed by atoms with van der Waals surface area (Å²) in [6.07, 6.45) is 1.49. The molecule has 0 aliphatic heterocycles. The Morgan fingerprint density at radius 1 is 1.55 bits per heavy atom. The highest BCUT2D eigenvalue weighted by Crippen LogP contribution is 2.28. The van der Waals surface area contributed by atoms with Gasteiger partial charge in [-0.15, -0.1) is 0 Å². The normalized spacial score (nSPS) is 11.8. The van der Waals surface area contributed by atoms with Crippen molar-refractivity contribution in [2.24, 2.45) is 0 Å². The Morgan fingerprint density at radius 2 is 2.25 bits per heavy atom. The number of likely N-dealkylation sites (N-methyl/N-ethyl adjacent to an activating group) is 1. The number of nitrogens with two attached hydrogens (primary N) is 1. The van der Waals surface area contributed by atoms with Gasteiger partial charge in [-0.25, -0.2) is 4.79 Å². The van der Waals surface area contributed by atoms with Crippen molar-refractivity contribution in [2.75, 3.05) is 24.3 Å². The SMILES string of the molecule is CCOC(=O)C(CCC=O)N(C)c1ccc(Br)cc1N. The molecule has 1 aromatic rings. The zero-order valence-corrected chi connectivity index (χ0v) is 13.2. The van der Waals surface area contributed by atoms with Gasteiger partial charge in [0.15, 0.2) is 0 Å². The van der Waals surface area contributed by atoms with Crippen LogP contribution >= 0.6 is 15.9 Å². The van der Waals surface area contributed by atoms with E-state index in [1.807, 2.05) is 12.1 Å². The molecule has 0 bridgehead atoms. The van der Waals surface area contributed by atoms with Crippen LogP contribution in [0.3, 0.4) is 0 Å². The van der Waals surface area contributed by atoms with Gasteiger partial charge in [-0.2, -0.15) is 0 Å². The molecule has 110 valence electrons. The van der Waals surface area contributed by atoms with Gasteiger partial charge in [0.25, 0.3) is 0 Å². The van der Waals surface area contributed by atoms with Crippen LogP contribution < -0.4 is 10.6 Å². The molecule has 1 aromatic carbocycles. The summed E-state index contributed by atoms with van der Waals surface area (Å²) < 4.78 is 5.93. The summed E-state index contributed by atoms with van der Waals surface area (Å²) >= 11 is 3.34. The molecule has 0 radical (unpaired) electrons. The van der Waals surface area contributed by atoms with Crippen molar-refractivity contribution in [3.05, 3.63) is 22.7 Å². The molecule has 0 aliphatic carbocycles. The van der Waals surface area contributed by atoms with E-state index >= 15 is 0 Å². The molecule has 0 fully saturated rings. The van der Waals surface area contributed by atoms with Crippen LogP contribution in [-0.2, 0) is 14.3 Å². The summed E-state index contributed by atoms with van der Waals surface area (Å²) in [4.78, 5) is 24.3. The van der Waals surface area contributed by atoms with Crippen LogP contribution in [0, 0.1) is 0 Å². The number of aldehydes is 1. The largest absolute Gasteiger partial charge is 0.464 e. The number of hydrogen-bond donors (Lipinski definition) is 1. The lowest BCUT2D eigenvalue weighted by Gasteiger charge is -2.29. The Labute approximate surface area is 127 Å². The van der Waals surface area contributed by atoms with E-state index in [4.69, 9.17) is 10.5 Å². The fourth-order valence-corrected chi connectivity index (χ4v) is 2.33. The van der Waals surface area contributed by atoms with Gasteiger partial charge < -0.3 is 20.2 Å². The molecular weight excluding hydrogens is 324 g/mol. The third-order valence-corrected chi connectivity index (χ3v) is 3.45. The molecule has 1 unspecified atom stereocenters. The van der Waals surface area contributed by atoms with Gasteiger partial charge in [0, 0.05) is 17.9 Å². The molecule has 0 spiro atoms. The van der Waals surface area contributed by atoms with Crippen LogP contribution in [0.1, 0.15) is 19.8 Å². The second-order valence-corrected chi connectivity index (χ2v) is 5.24. The number of benzene rings is 1. The topological polar surface area (TPSA) is 72.6 Å². The van der Waals surface area contributed by atoms with Gasteiger partial charge in [-0.05, 0) is 31.5 Å². The molecular formula is C14H19BrN2O3. The first-order chi connectivity index (χ1) is 9.51. The highest BCUT2D eigenvalue weighted by molar-refractivity contribution is 9.10. The Kier molecular flexibility index (Phi) is 6.51. The Morgan fingerprint density at radius 3 is 2.80 bits per heavy atom. The minimum Gasteiger partial charge on any atom is -0.464 e. The third-order valence-electron chi connectivity index (χ3n) is 2.95. The summed E-state index contributed by atoms with van der Waals surface area (Å²) in [6.45, 7) is 2.06. The number of carbonyl (C=O) groups is 2. The molecule has 20 heavy (non-hydrogen) atoms. The first kappa shape index (κ1) is 16.5. The number of hydrogen-bond acceptors (Lipinski definition) is 5. The lowest BCUT2D eigenvalue weighted by atomic mass is 10.1. The molecule has 6 heteroatoms. The zero-order valence-electron chi connectivity index (χ0n) is 11.6. The maximum atomic E-state index is 12.0. The van der Waals surface area contributed by atoms with E-state index in [9.17, 15) is 9.59 Å². The molecule has 0 saturated carbocycles. The number of halogens is 1. The summed E-state index contributed by atoms with van der Waals surface area (Å²) in [5, 5.41) is 0. The van der Waals surface area contributed by atoms with Crippen molar-refractivity contribution in [3.63, 3.8) is 0 Å². The number of anilines is 2. The Hall–Kier alpha value is -1.56. The van der Waals surface area contributed by atoms with Gasteiger partial charge in [0.2, 0.25) is 0 Å². The van der Waals surface area contributed by atoms with Crippen LogP contribution in [0.15, 0.2) is 22.7 Å².